The fourth-order valence-corrected chi connectivity index (χ4v) is 3.47. The Hall–Kier alpha value is -3.12. The number of benzene rings is 1. The number of aromatic nitrogens is 2. The average Bonchev–Trinajstić information content (AvgIpc) is 3.11. The molecule has 2 aromatic rings. The quantitative estimate of drug-likeness (QED) is 0.761. The first-order chi connectivity index (χ1) is 13.7. The van der Waals surface area contributed by atoms with Gasteiger partial charge >= 0.3 is 11.9 Å². The minimum absolute atomic E-state index is 0.0660. The zero-order valence-electron chi connectivity index (χ0n) is 17.0. The molecule has 0 aliphatic carbocycles. The molecule has 29 heavy (non-hydrogen) atoms. The Balaban J connectivity index is 2.14. The number of nitrogens with one attached hydrogen (secondary N) is 1. The monoisotopic (exact) mass is 400 g/mol. The van der Waals surface area contributed by atoms with Gasteiger partial charge in [-0.25, -0.2) is 4.98 Å². The molecule has 1 fully saturated rings. The van der Waals surface area contributed by atoms with Crippen LogP contribution >= 0.6 is 0 Å². The zero-order valence-corrected chi connectivity index (χ0v) is 17.0. The highest BCUT2D eigenvalue weighted by Crippen LogP contribution is 2.38. The number of esters is 2. The van der Waals surface area contributed by atoms with E-state index in [4.69, 9.17) is 14.2 Å². The van der Waals surface area contributed by atoms with E-state index in [1.807, 2.05) is 13.8 Å². The van der Waals surface area contributed by atoms with Crippen LogP contribution in [0.2, 0.25) is 0 Å². The van der Waals surface area contributed by atoms with Crippen LogP contribution in [0.4, 0.5) is 5.95 Å². The highest BCUT2D eigenvalue weighted by molar-refractivity contribution is 5.80. The summed E-state index contributed by atoms with van der Waals surface area (Å²) in [5, 5.41) is 12.5. The molecule has 9 nitrogen and oxygen atoms in total. The highest BCUT2D eigenvalue weighted by atomic mass is 16.6. The number of hydrogen-bond acceptors (Lipinski definition) is 8. The van der Waals surface area contributed by atoms with E-state index in [-0.39, 0.29) is 6.04 Å². The molecule has 0 bridgehead atoms. The number of fused-ring (bicyclic) bond motifs is 1. The summed E-state index contributed by atoms with van der Waals surface area (Å²) in [6.07, 6.45) is -2.88. The van der Waals surface area contributed by atoms with E-state index in [1.54, 1.807) is 29.7 Å². The van der Waals surface area contributed by atoms with Crippen LogP contribution < -0.4 is 5.32 Å². The van der Waals surface area contributed by atoms with Gasteiger partial charge in [0.25, 0.3) is 0 Å². The number of imidazole rings is 1. The van der Waals surface area contributed by atoms with Crippen molar-refractivity contribution < 1.29 is 23.8 Å². The molecule has 1 aromatic heterocycles. The molecule has 0 amide bonds. The van der Waals surface area contributed by atoms with Crippen molar-refractivity contribution >= 4 is 28.9 Å². The van der Waals surface area contributed by atoms with Crippen molar-refractivity contribution in [3.05, 3.63) is 23.8 Å². The number of carbonyl (C=O) groups is 2. The maximum absolute atomic E-state index is 11.8. The SMILES string of the molecule is CC(=O)O[C@@H]1[C@H](OC(C)=O)[C@@H](C)O[C@H]1n1c(NC(C)C)nc2cc(C#N)ccc21. The molecule has 0 spiro atoms. The van der Waals surface area contributed by atoms with Crippen LogP contribution in [0.3, 0.4) is 0 Å². The second-order valence-corrected chi connectivity index (χ2v) is 7.30. The molecule has 1 saturated heterocycles. The lowest BCUT2D eigenvalue weighted by molar-refractivity contribution is -0.165. The van der Waals surface area contributed by atoms with E-state index < -0.39 is 36.5 Å². The third-order valence-electron chi connectivity index (χ3n) is 4.52. The summed E-state index contributed by atoms with van der Waals surface area (Å²) < 4.78 is 18.8. The fourth-order valence-electron chi connectivity index (χ4n) is 3.47. The van der Waals surface area contributed by atoms with Crippen molar-refractivity contribution in [1.82, 2.24) is 9.55 Å². The maximum atomic E-state index is 11.8. The van der Waals surface area contributed by atoms with Gasteiger partial charge in [-0.05, 0) is 39.0 Å². The van der Waals surface area contributed by atoms with Gasteiger partial charge in [-0.1, -0.05) is 0 Å². The van der Waals surface area contributed by atoms with E-state index in [0.717, 1.165) is 0 Å². The molecule has 1 aliphatic heterocycles. The number of rotatable bonds is 5. The van der Waals surface area contributed by atoms with Gasteiger partial charge in [0.1, 0.15) is 0 Å². The van der Waals surface area contributed by atoms with Crippen LogP contribution in [-0.4, -0.2) is 45.8 Å². The van der Waals surface area contributed by atoms with E-state index in [2.05, 4.69) is 16.4 Å². The van der Waals surface area contributed by atoms with Gasteiger partial charge in [-0.15, -0.1) is 0 Å². The van der Waals surface area contributed by atoms with Crippen LogP contribution in [0.5, 0.6) is 0 Å². The summed E-state index contributed by atoms with van der Waals surface area (Å²) in [4.78, 5) is 28.0. The Kier molecular flexibility index (Phi) is 5.75. The van der Waals surface area contributed by atoms with Gasteiger partial charge in [0.15, 0.2) is 18.4 Å². The molecule has 0 saturated carbocycles. The predicted octanol–water partition coefficient (Wildman–Crippen LogP) is 2.51. The molecule has 3 rings (SSSR count). The third-order valence-corrected chi connectivity index (χ3v) is 4.52. The second-order valence-electron chi connectivity index (χ2n) is 7.30. The summed E-state index contributed by atoms with van der Waals surface area (Å²) in [6, 6.07) is 7.30. The molecule has 154 valence electrons. The molecule has 1 N–H and O–H groups in total. The van der Waals surface area contributed by atoms with E-state index in [1.165, 1.54) is 13.8 Å². The van der Waals surface area contributed by atoms with Crippen molar-refractivity contribution in [2.45, 2.75) is 65.2 Å². The van der Waals surface area contributed by atoms with Crippen molar-refractivity contribution in [3.63, 3.8) is 0 Å². The Labute approximate surface area is 168 Å². The molecule has 0 unspecified atom stereocenters. The number of nitriles is 1. The van der Waals surface area contributed by atoms with Crippen molar-refractivity contribution in [1.29, 1.82) is 5.26 Å². The van der Waals surface area contributed by atoms with Crippen molar-refractivity contribution in [3.8, 4) is 6.07 Å². The molecular formula is C20H24N4O5. The second kappa shape index (κ2) is 8.09. The van der Waals surface area contributed by atoms with E-state index in [0.29, 0.717) is 22.5 Å². The lowest BCUT2D eigenvalue weighted by Gasteiger charge is -2.25. The molecule has 0 radical (unpaired) electrons. The maximum Gasteiger partial charge on any atom is 0.303 e. The Bertz CT molecular complexity index is 977. The Morgan fingerprint density at radius 3 is 2.48 bits per heavy atom. The molecule has 9 heteroatoms. The molecular weight excluding hydrogens is 376 g/mol. The Morgan fingerprint density at radius 1 is 1.24 bits per heavy atom. The smallest absolute Gasteiger partial charge is 0.303 e. The fraction of sp³-hybridized carbons (Fsp3) is 0.500. The van der Waals surface area contributed by atoms with Gasteiger partial charge < -0.3 is 19.5 Å². The van der Waals surface area contributed by atoms with Crippen molar-refractivity contribution in [2.75, 3.05) is 5.32 Å². The number of anilines is 1. The summed E-state index contributed by atoms with van der Waals surface area (Å²) in [6.45, 7) is 8.28. The Morgan fingerprint density at radius 2 is 1.90 bits per heavy atom. The van der Waals surface area contributed by atoms with Gasteiger partial charge in [-0.2, -0.15) is 5.26 Å². The standard InChI is InChI=1S/C20H24N4O5/c1-10(2)22-20-23-15-8-14(9-21)6-7-16(15)24(20)19-18(29-13(5)26)17(11(3)27-19)28-12(4)25/h6-8,10-11,17-19H,1-5H3,(H,22,23)/t11-,17-,18-,19-/m1/s1. The number of ether oxygens (including phenoxy) is 3. The van der Waals surface area contributed by atoms with Crippen LogP contribution in [-0.2, 0) is 23.8 Å². The number of carbonyl (C=O) groups excluding carboxylic acids is 2. The van der Waals surface area contributed by atoms with E-state index in [9.17, 15) is 14.9 Å². The number of nitrogens with zero attached hydrogens (tertiary/aromatic N) is 3. The summed E-state index contributed by atoms with van der Waals surface area (Å²) in [7, 11) is 0. The van der Waals surface area contributed by atoms with Crippen LogP contribution in [0.1, 0.15) is 46.4 Å². The van der Waals surface area contributed by atoms with Crippen LogP contribution in [0.15, 0.2) is 18.2 Å². The largest absolute Gasteiger partial charge is 0.456 e. The summed E-state index contributed by atoms with van der Waals surface area (Å²) >= 11 is 0. The minimum atomic E-state index is -0.854. The first-order valence-electron chi connectivity index (χ1n) is 9.39. The lowest BCUT2D eigenvalue weighted by atomic mass is 10.1. The molecule has 1 aliphatic rings. The number of hydrogen-bond donors (Lipinski definition) is 1. The first kappa shape index (κ1) is 20.6. The minimum Gasteiger partial charge on any atom is -0.456 e. The van der Waals surface area contributed by atoms with Gasteiger partial charge in [0.05, 0.1) is 28.8 Å². The third kappa shape index (κ3) is 4.17. The molecule has 1 aromatic carbocycles. The van der Waals surface area contributed by atoms with Crippen molar-refractivity contribution in [2.24, 2.45) is 0 Å². The van der Waals surface area contributed by atoms with Gasteiger partial charge in [0, 0.05) is 19.9 Å². The van der Waals surface area contributed by atoms with Gasteiger partial charge in [0.2, 0.25) is 5.95 Å². The molecule has 2 heterocycles. The lowest BCUT2D eigenvalue weighted by Crippen LogP contribution is -2.38. The summed E-state index contributed by atoms with van der Waals surface area (Å²) in [5.41, 5.74) is 1.78. The van der Waals surface area contributed by atoms with E-state index >= 15 is 0 Å². The van der Waals surface area contributed by atoms with Crippen LogP contribution in [0, 0.1) is 11.3 Å². The normalized spacial score (nSPS) is 23.8. The van der Waals surface area contributed by atoms with Crippen LogP contribution in [0.25, 0.3) is 11.0 Å². The molecule has 4 atom stereocenters. The predicted molar refractivity (Wildman–Crippen MR) is 104 cm³/mol. The first-order valence-corrected chi connectivity index (χ1v) is 9.39. The topological polar surface area (TPSA) is 115 Å². The zero-order chi connectivity index (χ0) is 21.3. The van der Waals surface area contributed by atoms with Gasteiger partial charge in [-0.3, -0.25) is 14.2 Å². The highest BCUT2D eigenvalue weighted by Gasteiger charge is 2.49. The average molecular weight is 400 g/mol. The summed E-state index contributed by atoms with van der Waals surface area (Å²) in [5.74, 6) is -0.495.